The van der Waals surface area contributed by atoms with E-state index in [0.29, 0.717) is 6.42 Å². The molecular formula is C21H21ClN4OS. The molecule has 1 saturated heterocycles. The number of aromatic nitrogens is 2. The van der Waals surface area contributed by atoms with Crippen LogP contribution in [-0.4, -0.2) is 51.9 Å². The highest BCUT2D eigenvalue weighted by Crippen LogP contribution is 2.23. The first-order valence-corrected chi connectivity index (χ1v) is 10.5. The van der Waals surface area contributed by atoms with Crippen LogP contribution in [0.4, 0.5) is 0 Å². The highest BCUT2D eigenvalue weighted by molar-refractivity contribution is 7.13. The number of rotatable bonds is 5. The Hall–Kier alpha value is -2.28. The van der Waals surface area contributed by atoms with Gasteiger partial charge < -0.3 is 4.90 Å². The average molecular weight is 413 g/mol. The standard InChI is InChI=1S/C21H21ClN4OS/c22-18-5-1-3-16(11-18)14-25-7-9-26(10-8-25)20(27)12-19-15-28-21(24-19)17-4-2-6-23-13-17/h1-6,11,13,15H,7-10,12,14H2. The molecule has 0 radical (unpaired) electrons. The topological polar surface area (TPSA) is 49.3 Å². The van der Waals surface area contributed by atoms with Gasteiger partial charge in [0.15, 0.2) is 0 Å². The van der Waals surface area contributed by atoms with Crippen LogP contribution in [0, 0.1) is 0 Å². The van der Waals surface area contributed by atoms with Gasteiger partial charge in [0.2, 0.25) is 5.91 Å². The van der Waals surface area contributed by atoms with Gasteiger partial charge in [0.05, 0.1) is 12.1 Å². The number of piperazine rings is 1. The number of benzene rings is 1. The van der Waals surface area contributed by atoms with E-state index in [1.54, 1.807) is 23.7 Å². The van der Waals surface area contributed by atoms with Crippen molar-refractivity contribution in [3.63, 3.8) is 0 Å². The molecule has 7 heteroatoms. The summed E-state index contributed by atoms with van der Waals surface area (Å²) in [5.74, 6) is 0.144. The predicted octanol–water partition coefficient (Wildman–Crippen LogP) is 3.75. The van der Waals surface area contributed by atoms with Crippen molar-refractivity contribution in [3.8, 4) is 10.6 Å². The minimum Gasteiger partial charge on any atom is -0.340 e. The number of halogens is 1. The van der Waals surface area contributed by atoms with Crippen LogP contribution >= 0.6 is 22.9 Å². The molecule has 1 amide bonds. The third kappa shape index (κ3) is 4.76. The molecule has 1 aromatic carbocycles. The zero-order chi connectivity index (χ0) is 19.3. The summed E-state index contributed by atoms with van der Waals surface area (Å²) in [5, 5.41) is 3.64. The molecule has 0 N–H and O–H groups in total. The number of hydrogen-bond donors (Lipinski definition) is 0. The molecule has 1 aliphatic rings. The zero-order valence-corrected chi connectivity index (χ0v) is 17.0. The van der Waals surface area contributed by atoms with Gasteiger partial charge in [0, 0.05) is 61.1 Å². The lowest BCUT2D eigenvalue weighted by Crippen LogP contribution is -2.48. The molecule has 0 aliphatic carbocycles. The van der Waals surface area contributed by atoms with Crippen LogP contribution in [0.3, 0.4) is 0 Å². The van der Waals surface area contributed by atoms with Crippen LogP contribution < -0.4 is 0 Å². The lowest BCUT2D eigenvalue weighted by atomic mass is 10.2. The SMILES string of the molecule is O=C(Cc1csc(-c2cccnc2)n1)N1CCN(Cc2cccc(Cl)c2)CC1. The summed E-state index contributed by atoms with van der Waals surface area (Å²) < 4.78 is 0. The molecular weight excluding hydrogens is 392 g/mol. The first-order chi connectivity index (χ1) is 13.7. The summed E-state index contributed by atoms with van der Waals surface area (Å²) in [4.78, 5) is 25.7. The van der Waals surface area contributed by atoms with E-state index in [9.17, 15) is 4.79 Å². The Kier molecular flexibility index (Phi) is 6.00. The number of pyridine rings is 1. The molecule has 28 heavy (non-hydrogen) atoms. The van der Waals surface area contributed by atoms with E-state index in [4.69, 9.17) is 11.6 Å². The molecule has 2 aromatic heterocycles. The number of amides is 1. The fourth-order valence-electron chi connectivity index (χ4n) is 3.33. The van der Waals surface area contributed by atoms with Crippen LogP contribution in [0.25, 0.3) is 10.6 Å². The molecule has 3 heterocycles. The van der Waals surface area contributed by atoms with Gasteiger partial charge in [0.25, 0.3) is 0 Å². The molecule has 5 nitrogen and oxygen atoms in total. The van der Waals surface area contributed by atoms with Crippen LogP contribution in [0.5, 0.6) is 0 Å². The molecule has 1 aliphatic heterocycles. The average Bonchev–Trinajstić information content (AvgIpc) is 3.18. The third-order valence-corrected chi connectivity index (χ3v) is 5.99. The summed E-state index contributed by atoms with van der Waals surface area (Å²) >= 11 is 7.62. The van der Waals surface area contributed by atoms with Crippen molar-refractivity contribution >= 4 is 28.8 Å². The molecule has 144 valence electrons. The Morgan fingerprint density at radius 2 is 2.00 bits per heavy atom. The van der Waals surface area contributed by atoms with Crippen molar-refractivity contribution in [1.82, 2.24) is 19.8 Å². The van der Waals surface area contributed by atoms with Gasteiger partial charge >= 0.3 is 0 Å². The third-order valence-electron chi connectivity index (χ3n) is 4.81. The van der Waals surface area contributed by atoms with Crippen LogP contribution in [0.2, 0.25) is 5.02 Å². The minimum absolute atomic E-state index is 0.144. The van der Waals surface area contributed by atoms with E-state index in [0.717, 1.165) is 54.0 Å². The lowest BCUT2D eigenvalue weighted by molar-refractivity contribution is -0.132. The first-order valence-electron chi connectivity index (χ1n) is 9.27. The number of hydrogen-bond acceptors (Lipinski definition) is 5. The molecule has 3 aromatic rings. The zero-order valence-electron chi connectivity index (χ0n) is 15.4. The Morgan fingerprint density at radius 1 is 1.14 bits per heavy atom. The van der Waals surface area contributed by atoms with E-state index in [1.165, 1.54) is 5.56 Å². The Bertz CT molecular complexity index is 938. The van der Waals surface area contributed by atoms with E-state index < -0.39 is 0 Å². The van der Waals surface area contributed by atoms with Crippen molar-refractivity contribution in [1.29, 1.82) is 0 Å². The largest absolute Gasteiger partial charge is 0.340 e. The lowest BCUT2D eigenvalue weighted by Gasteiger charge is -2.34. The molecule has 0 unspecified atom stereocenters. The van der Waals surface area contributed by atoms with Gasteiger partial charge in [-0.05, 0) is 29.8 Å². The van der Waals surface area contributed by atoms with Gasteiger partial charge in [-0.1, -0.05) is 23.7 Å². The summed E-state index contributed by atoms with van der Waals surface area (Å²) in [6.07, 6.45) is 3.89. The second-order valence-corrected chi connectivity index (χ2v) is 8.14. The van der Waals surface area contributed by atoms with Gasteiger partial charge in [-0.15, -0.1) is 11.3 Å². The van der Waals surface area contributed by atoms with E-state index in [-0.39, 0.29) is 5.91 Å². The maximum atomic E-state index is 12.7. The predicted molar refractivity (Wildman–Crippen MR) is 112 cm³/mol. The number of carbonyl (C=O) groups is 1. The van der Waals surface area contributed by atoms with Crippen molar-refractivity contribution in [2.75, 3.05) is 26.2 Å². The number of thiazole rings is 1. The van der Waals surface area contributed by atoms with Crippen LogP contribution in [0.1, 0.15) is 11.3 Å². The minimum atomic E-state index is 0.144. The van der Waals surface area contributed by atoms with Crippen molar-refractivity contribution in [2.24, 2.45) is 0 Å². The Morgan fingerprint density at radius 3 is 2.75 bits per heavy atom. The summed E-state index contributed by atoms with van der Waals surface area (Å²) in [6, 6.07) is 11.8. The van der Waals surface area contributed by atoms with Crippen molar-refractivity contribution in [3.05, 3.63) is 70.5 Å². The number of carbonyl (C=O) groups excluding carboxylic acids is 1. The summed E-state index contributed by atoms with van der Waals surface area (Å²) in [7, 11) is 0. The van der Waals surface area contributed by atoms with Crippen LogP contribution in [-0.2, 0) is 17.8 Å². The molecule has 1 fully saturated rings. The Labute approximate surface area is 173 Å². The second kappa shape index (κ2) is 8.82. The molecule has 0 bridgehead atoms. The Balaban J connectivity index is 1.29. The van der Waals surface area contributed by atoms with Crippen molar-refractivity contribution < 1.29 is 4.79 Å². The normalized spacial score (nSPS) is 15.0. The van der Waals surface area contributed by atoms with Crippen molar-refractivity contribution in [2.45, 2.75) is 13.0 Å². The van der Waals surface area contributed by atoms with Crippen LogP contribution in [0.15, 0.2) is 54.2 Å². The van der Waals surface area contributed by atoms with Gasteiger partial charge in [0.1, 0.15) is 5.01 Å². The fraction of sp³-hybridized carbons (Fsp3) is 0.286. The summed E-state index contributed by atoms with van der Waals surface area (Å²) in [5.41, 5.74) is 3.02. The van der Waals surface area contributed by atoms with Gasteiger partial charge in [-0.2, -0.15) is 0 Å². The molecule has 0 atom stereocenters. The maximum absolute atomic E-state index is 12.7. The highest BCUT2D eigenvalue weighted by atomic mass is 35.5. The smallest absolute Gasteiger partial charge is 0.228 e. The van der Waals surface area contributed by atoms with Gasteiger partial charge in [-0.3, -0.25) is 14.7 Å². The van der Waals surface area contributed by atoms with E-state index in [2.05, 4.69) is 20.9 Å². The fourth-order valence-corrected chi connectivity index (χ4v) is 4.35. The summed E-state index contributed by atoms with van der Waals surface area (Å²) in [6.45, 7) is 4.10. The molecule has 0 saturated carbocycles. The molecule has 0 spiro atoms. The number of nitrogens with zero attached hydrogens (tertiary/aromatic N) is 4. The highest BCUT2D eigenvalue weighted by Gasteiger charge is 2.22. The van der Waals surface area contributed by atoms with Gasteiger partial charge in [-0.25, -0.2) is 4.98 Å². The monoisotopic (exact) mass is 412 g/mol. The van der Waals surface area contributed by atoms with E-state index in [1.807, 2.05) is 40.6 Å². The van der Waals surface area contributed by atoms with E-state index >= 15 is 0 Å². The maximum Gasteiger partial charge on any atom is 0.228 e. The molecule has 4 rings (SSSR count). The first kappa shape index (κ1) is 19.1. The quantitative estimate of drug-likeness (QED) is 0.640. The second-order valence-electron chi connectivity index (χ2n) is 6.85.